The fraction of sp³-hybridized carbons (Fsp3) is 0.889. The van der Waals surface area contributed by atoms with Gasteiger partial charge in [0.05, 0.1) is 0 Å². The average Bonchev–Trinajstić information content (AvgIpc) is 2.63. The van der Waals surface area contributed by atoms with Crippen LogP contribution in [0.25, 0.3) is 0 Å². The molecule has 3 atom stereocenters. The molecule has 2 rings (SSSR count). The minimum Gasteiger partial charge on any atom is -0.481 e. The van der Waals surface area contributed by atoms with Crippen molar-refractivity contribution in [1.82, 2.24) is 0 Å². The van der Waals surface area contributed by atoms with Crippen molar-refractivity contribution in [1.29, 1.82) is 0 Å². The summed E-state index contributed by atoms with van der Waals surface area (Å²) in [4.78, 5) is 10.5. The number of rotatable bonds is 13. The monoisotopic (exact) mass is 404 g/mol. The quantitative estimate of drug-likeness (QED) is 0.246. The summed E-state index contributed by atoms with van der Waals surface area (Å²) in [6, 6.07) is 0. The molecule has 0 aromatic rings. The van der Waals surface area contributed by atoms with E-state index >= 15 is 0 Å². The highest BCUT2D eigenvalue weighted by atomic mass is 16.4. The van der Waals surface area contributed by atoms with Crippen LogP contribution in [0.1, 0.15) is 130 Å². The van der Waals surface area contributed by atoms with E-state index in [0.717, 1.165) is 24.7 Å². The Labute approximate surface area is 180 Å². The van der Waals surface area contributed by atoms with E-state index in [9.17, 15) is 4.79 Å². The topological polar surface area (TPSA) is 37.3 Å². The molecular weight excluding hydrogens is 356 g/mol. The van der Waals surface area contributed by atoms with E-state index in [-0.39, 0.29) is 0 Å². The Balaban J connectivity index is 1.59. The van der Waals surface area contributed by atoms with Gasteiger partial charge in [-0.05, 0) is 61.7 Å². The number of fused-ring (bicyclic) bond motifs is 1. The van der Waals surface area contributed by atoms with Crippen molar-refractivity contribution in [2.24, 2.45) is 22.7 Å². The summed E-state index contributed by atoms with van der Waals surface area (Å²) in [6.45, 7) is 10.1. The molecule has 0 aromatic heterocycles. The van der Waals surface area contributed by atoms with Crippen LogP contribution in [-0.4, -0.2) is 11.1 Å². The third-order valence-corrected chi connectivity index (χ3v) is 8.43. The van der Waals surface area contributed by atoms with E-state index < -0.39 is 5.97 Å². The lowest BCUT2D eigenvalue weighted by Crippen LogP contribution is -2.48. The van der Waals surface area contributed by atoms with E-state index in [1.807, 2.05) is 0 Å². The van der Waals surface area contributed by atoms with Crippen molar-refractivity contribution in [3.63, 3.8) is 0 Å². The zero-order chi connectivity index (χ0) is 21.3. The molecule has 2 heteroatoms. The first-order valence-corrected chi connectivity index (χ1v) is 12.7. The standard InChI is InChI=1S/C27H48O2/c1-22-18-19-24-26(2,3)20-15-21-27(24,4)23(22)16-13-11-9-7-5-6-8-10-12-14-17-25(28)29/h18,23-24H,5-17,19-21H2,1-4H3,(H,28,29)/t23-,24-,27+/m0/s1. The van der Waals surface area contributed by atoms with Crippen LogP contribution in [0.5, 0.6) is 0 Å². The third kappa shape index (κ3) is 7.14. The van der Waals surface area contributed by atoms with Crippen LogP contribution in [0.3, 0.4) is 0 Å². The molecule has 1 fully saturated rings. The van der Waals surface area contributed by atoms with E-state index in [2.05, 4.69) is 33.8 Å². The Hall–Kier alpha value is -0.790. The number of carboxylic acids is 1. The first-order chi connectivity index (χ1) is 13.8. The number of hydrogen-bond donors (Lipinski definition) is 1. The average molecular weight is 405 g/mol. The predicted octanol–water partition coefficient (Wildman–Crippen LogP) is 8.55. The molecule has 0 spiro atoms. The lowest BCUT2D eigenvalue weighted by Gasteiger charge is -2.57. The van der Waals surface area contributed by atoms with E-state index in [1.165, 1.54) is 83.5 Å². The lowest BCUT2D eigenvalue weighted by molar-refractivity contribution is -0.137. The molecule has 2 aliphatic rings. The molecule has 2 aliphatic carbocycles. The van der Waals surface area contributed by atoms with Crippen LogP contribution in [-0.2, 0) is 4.79 Å². The van der Waals surface area contributed by atoms with E-state index in [0.29, 0.717) is 17.3 Å². The lowest BCUT2D eigenvalue weighted by atomic mass is 9.48. The number of allylic oxidation sites excluding steroid dienone is 2. The number of unbranched alkanes of at least 4 members (excludes halogenated alkanes) is 9. The summed E-state index contributed by atoms with van der Waals surface area (Å²) >= 11 is 0. The van der Waals surface area contributed by atoms with Gasteiger partial charge in [0.25, 0.3) is 0 Å². The highest BCUT2D eigenvalue weighted by Gasteiger charge is 2.51. The van der Waals surface area contributed by atoms with Crippen LogP contribution in [0, 0.1) is 22.7 Å². The van der Waals surface area contributed by atoms with Crippen molar-refractivity contribution < 1.29 is 9.90 Å². The van der Waals surface area contributed by atoms with Gasteiger partial charge in [0.1, 0.15) is 0 Å². The van der Waals surface area contributed by atoms with Gasteiger partial charge in [-0.3, -0.25) is 4.79 Å². The second-order valence-electron chi connectivity index (χ2n) is 11.1. The van der Waals surface area contributed by atoms with Gasteiger partial charge in [0.15, 0.2) is 0 Å². The van der Waals surface area contributed by atoms with E-state index in [4.69, 9.17) is 5.11 Å². The molecule has 0 bridgehead atoms. The minimum atomic E-state index is -0.652. The number of aliphatic carboxylic acids is 1. The molecule has 0 aliphatic heterocycles. The maximum absolute atomic E-state index is 10.5. The minimum absolute atomic E-state index is 0.340. The second-order valence-corrected chi connectivity index (χ2v) is 11.1. The molecule has 0 aromatic carbocycles. The Morgan fingerprint density at radius 3 is 2.07 bits per heavy atom. The van der Waals surface area contributed by atoms with Crippen LogP contribution in [0.2, 0.25) is 0 Å². The van der Waals surface area contributed by atoms with Crippen LogP contribution < -0.4 is 0 Å². The molecule has 0 amide bonds. The van der Waals surface area contributed by atoms with Gasteiger partial charge in [0.2, 0.25) is 0 Å². The molecule has 29 heavy (non-hydrogen) atoms. The Morgan fingerprint density at radius 2 is 1.48 bits per heavy atom. The number of hydrogen-bond acceptors (Lipinski definition) is 1. The fourth-order valence-electron chi connectivity index (χ4n) is 6.73. The van der Waals surface area contributed by atoms with Crippen molar-refractivity contribution >= 4 is 5.97 Å². The SMILES string of the molecule is CC1=CC[C@H]2C(C)(C)CCC[C@]2(C)[C@H]1CCCCCCCCCCCCC(=O)O. The van der Waals surface area contributed by atoms with Gasteiger partial charge in [-0.15, -0.1) is 0 Å². The molecule has 2 nitrogen and oxygen atoms in total. The Bertz CT molecular complexity index is 533. The summed E-state index contributed by atoms with van der Waals surface area (Å²) in [6.07, 6.45) is 22.5. The van der Waals surface area contributed by atoms with Gasteiger partial charge in [-0.2, -0.15) is 0 Å². The summed E-state index contributed by atoms with van der Waals surface area (Å²) in [5.74, 6) is 1.03. The molecule has 0 saturated heterocycles. The zero-order valence-electron chi connectivity index (χ0n) is 19.9. The maximum atomic E-state index is 10.5. The fourth-order valence-corrected chi connectivity index (χ4v) is 6.73. The molecule has 1 N–H and O–H groups in total. The van der Waals surface area contributed by atoms with Gasteiger partial charge < -0.3 is 5.11 Å². The first kappa shape index (κ1) is 24.5. The van der Waals surface area contributed by atoms with Crippen LogP contribution in [0.4, 0.5) is 0 Å². The number of carbonyl (C=O) groups is 1. The normalized spacial score (nSPS) is 28.6. The molecule has 1 saturated carbocycles. The highest BCUT2D eigenvalue weighted by Crippen LogP contribution is 2.60. The van der Waals surface area contributed by atoms with E-state index in [1.54, 1.807) is 5.57 Å². The van der Waals surface area contributed by atoms with Crippen LogP contribution in [0.15, 0.2) is 11.6 Å². The Kier molecular flexibility index (Phi) is 9.76. The van der Waals surface area contributed by atoms with Gasteiger partial charge >= 0.3 is 5.97 Å². The van der Waals surface area contributed by atoms with Gasteiger partial charge in [-0.25, -0.2) is 0 Å². The molecule has 0 heterocycles. The van der Waals surface area contributed by atoms with Gasteiger partial charge in [-0.1, -0.05) is 96.6 Å². The zero-order valence-corrected chi connectivity index (χ0v) is 19.9. The van der Waals surface area contributed by atoms with Crippen molar-refractivity contribution in [3.8, 4) is 0 Å². The molecule has 0 radical (unpaired) electrons. The smallest absolute Gasteiger partial charge is 0.303 e. The first-order valence-electron chi connectivity index (χ1n) is 12.7. The molecule has 0 unspecified atom stereocenters. The van der Waals surface area contributed by atoms with Gasteiger partial charge in [0, 0.05) is 6.42 Å². The highest BCUT2D eigenvalue weighted by molar-refractivity contribution is 5.66. The summed E-state index contributed by atoms with van der Waals surface area (Å²) in [5, 5.41) is 8.65. The number of carboxylic acid groups (broad SMARTS) is 1. The maximum Gasteiger partial charge on any atom is 0.303 e. The molecule has 168 valence electrons. The summed E-state index contributed by atoms with van der Waals surface area (Å²) in [5.41, 5.74) is 2.72. The predicted molar refractivity (Wildman–Crippen MR) is 124 cm³/mol. The van der Waals surface area contributed by atoms with Crippen molar-refractivity contribution in [3.05, 3.63) is 11.6 Å². The third-order valence-electron chi connectivity index (χ3n) is 8.43. The van der Waals surface area contributed by atoms with Crippen LogP contribution >= 0.6 is 0 Å². The van der Waals surface area contributed by atoms with Crippen molar-refractivity contribution in [2.45, 2.75) is 130 Å². The van der Waals surface area contributed by atoms with Crippen molar-refractivity contribution in [2.75, 3.05) is 0 Å². The summed E-state index contributed by atoms with van der Waals surface area (Å²) < 4.78 is 0. The second kappa shape index (κ2) is 11.6. The molecular formula is C27H48O2. The largest absolute Gasteiger partial charge is 0.481 e. The Morgan fingerprint density at radius 1 is 0.931 bits per heavy atom. The summed E-state index contributed by atoms with van der Waals surface area (Å²) in [7, 11) is 0.